The number of hydrogen-bond acceptors (Lipinski definition) is 8. The molecule has 1 aliphatic heterocycles. The maximum atomic E-state index is 11.6. The molecule has 0 aromatic heterocycles. The van der Waals surface area contributed by atoms with Gasteiger partial charge in [-0.2, -0.15) is 0 Å². The lowest BCUT2D eigenvalue weighted by molar-refractivity contribution is -0.0999. The highest BCUT2D eigenvalue weighted by atomic mass is 16.6. The summed E-state index contributed by atoms with van der Waals surface area (Å²) in [5.41, 5.74) is -0.827. The van der Waals surface area contributed by atoms with E-state index in [2.05, 4.69) is 5.32 Å². The molecule has 4 atom stereocenters. The minimum atomic E-state index is -1.64. The first-order chi connectivity index (χ1) is 11.0. The first-order valence-corrected chi connectivity index (χ1v) is 7.28. The van der Waals surface area contributed by atoms with Crippen LogP contribution in [0.15, 0.2) is 24.3 Å². The summed E-state index contributed by atoms with van der Waals surface area (Å²) in [5.74, 6) is -0.455. The predicted octanol–water partition coefficient (Wildman–Crippen LogP) is -0.923. The summed E-state index contributed by atoms with van der Waals surface area (Å²) in [6.45, 7) is 0.859. The lowest BCUT2D eigenvalue weighted by Gasteiger charge is -2.32. The first-order valence-electron chi connectivity index (χ1n) is 7.28. The Morgan fingerprint density at radius 1 is 1.30 bits per heavy atom. The molecule has 1 fully saturated rings. The average Bonchev–Trinajstić information content (AvgIpc) is 2.81. The van der Waals surface area contributed by atoms with Gasteiger partial charge in [-0.3, -0.25) is 0 Å². The zero-order chi connectivity index (χ0) is 17.0. The molecule has 0 bridgehead atoms. The van der Waals surface area contributed by atoms with E-state index in [0.717, 1.165) is 0 Å². The Kier molecular flexibility index (Phi) is 5.55. The smallest absolute Gasteiger partial charge is 0.338 e. The van der Waals surface area contributed by atoms with Crippen LogP contribution in [0.4, 0.5) is 5.69 Å². The second-order valence-electron chi connectivity index (χ2n) is 5.24. The molecule has 3 unspecified atom stereocenters. The molecule has 1 aromatic carbocycles. The maximum Gasteiger partial charge on any atom is 0.338 e. The minimum Gasteiger partial charge on any atom is -0.462 e. The molecule has 0 saturated carbocycles. The van der Waals surface area contributed by atoms with Crippen molar-refractivity contribution >= 4 is 11.7 Å². The number of anilines is 1. The third kappa shape index (κ3) is 3.46. The fourth-order valence-corrected chi connectivity index (χ4v) is 2.46. The van der Waals surface area contributed by atoms with Crippen molar-refractivity contribution in [2.45, 2.75) is 31.0 Å². The molecule has 0 spiro atoms. The lowest BCUT2D eigenvalue weighted by atomic mass is 10.0. The van der Waals surface area contributed by atoms with Crippen molar-refractivity contribution in [3.63, 3.8) is 0 Å². The summed E-state index contributed by atoms with van der Waals surface area (Å²) in [4.78, 5) is 11.6. The number of carbonyl (C=O) groups excluding carboxylic acids is 1. The number of nitrogens with one attached hydrogen (secondary N) is 1. The largest absolute Gasteiger partial charge is 0.462 e. The summed E-state index contributed by atoms with van der Waals surface area (Å²) in [6, 6.07) is 6.15. The number of ether oxygens (including phenoxy) is 2. The topological polar surface area (TPSA) is 128 Å². The van der Waals surface area contributed by atoms with Gasteiger partial charge in [0.2, 0.25) is 0 Å². The van der Waals surface area contributed by atoms with Crippen molar-refractivity contribution in [1.29, 1.82) is 0 Å². The maximum absolute atomic E-state index is 11.6. The van der Waals surface area contributed by atoms with E-state index in [1.165, 1.54) is 12.1 Å². The van der Waals surface area contributed by atoms with Gasteiger partial charge in [-0.25, -0.2) is 4.79 Å². The second-order valence-corrected chi connectivity index (χ2v) is 5.24. The van der Waals surface area contributed by atoms with E-state index in [9.17, 15) is 20.1 Å². The SMILES string of the molecule is CCOC(=O)c1ccc(N[C@]2(CO)OC(CO)C(O)C2O)cc1. The van der Waals surface area contributed by atoms with Crippen LogP contribution in [0, 0.1) is 0 Å². The molecule has 128 valence electrons. The zero-order valence-electron chi connectivity index (χ0n) is 12.7. The summed E-state index contributed by atoms with van der Waals surface area (Å²) in [7, 11) is 0. The van der Waals surface area contributed by atoms with Crippen molar-refractivity contribution in [3.05, 3.63) is 29.8 Å². The van der Waals surface area contributed by atoms with Gasteiger partial charge in [0.15, 0.2) is 5.72 Å². The molecule has 0 radical (unpaired) electrons. The highest BCUT2D eigenvalue weighted by molar-refractivity contribution is 5.89. The van der Waals surface area contributed by atoms with E-state index in [1.54, 1.807) is 19.1 Å². The lowest BCUT2D eigenvalue weighted by Crippen LogP contribution is -2.52. The molecule has 1 saturated heterocycles. The van der Waals surface area contributed by atoms with Gasteiger partial charge in [0.05, 0.1) is 25.4 Å². The van der Waals surface area contributed by atoms with Gasteiger partial charge in [-0.05, 0) is 31.2 Å². The van der Waals surface area contributed by atoms with Crippen LogP contribution in [0.25, 0.3) is 0 Å². The van der Waals surface area contributed by atoms with Crippen molar-refractivity contribution < 1.29 is 34.7 Å². The molecule has 0 aliphatic carbocycles. The van der Waals surface area contributed by atoms with Gasteiger partial charge in [0.25, 0.3) is 0 Å². The van der Waals surface area contributed by atoms with Crippen molar-refractivity contribution in [2.75, 3.05) is 25.1 Å². The van der Waals surface area contributed by atoms with E-state index in [1.807, 2.05) is 0 Å². The van der Waals surface area contributed by atoms with Gasteiger partial charge in [0, 0.05) is 5.69 Å². The Hall–Kier alpha value is -1.71. The summed E-state index contributed by atoms with van der Waals surface area (Å²) in [6.07, 6.45) is -3.78. The second kappa shape index (κ2) is 7.24. The fraction of sp³-hybridized carbons (Fsp3) is 0.533. The normalized spacial score (nSPS) is 30.2. The summed E-state index contributed by atoms with van der Waals surface area (Å²) in [5, 5.41) is 41.4. The number of rotatable bonds is 6. The van der Waals surface area contributed by atoms with Gasteiger partial charge in [-0.15, -0.1) is 0 Å². The monoisotopic (exact) mass is 327 g/mol. The quantitative estimate of drug-likeness (QED) is 0.424. The third-order valence-electron chi connectivity index (χ3n) is 3.71. The highest BCUT2D eigenvalue weighted by Gasteiger charge is 2.54. The van der Waals surface area contributed by atoms with Gasteiger partial charge in [0.1, 0.15) is 18.3 Å². The molecule has 1 aliphatic rings. The number of aliphatic hydroxyl groups is 4. The highest BCUT2D eigenvalue weighted by Crippen LogP contribution is 2.32. The first kappa shape index (κ1) is 17.6. The fourth-order valence-electron chi connectivity index (χ4n) is 2.46. The van der Waals surface area contributed by atoms with E-state index in [4.69, 9.17) is 14.6 Å². The van der Waals surface area contributed by atoms with Crippen LogP contribution in [0.3, 0.4) is 0 Å². The Morgan fingerprint density at radius 2 is 1.96 bits per heavy atom. The Balaban J connectivity index is 2.15. The summed E-state index contributed by atoms with van der Waals surface area (Å²) < 4.78 is 10.3. The number of esters is 1. The number of aliphatic hydroxyl groups excluding tert-OH is 4. The Morgan fingerprint density at radius 3 is 2.43 bits per heavy atom. The molecular weight excluding hydrogens is 306 g/mol. The van der Waals surface area contributed by atoms with E-state index < -0.39 is 43.2 Å². The van der Waals surface area contributed by atoms with Crippen LogP contribution >= 0.6 is 0 Å². The van der Waals surface area contributed by atoms with Crippen LogP contribution in [0.1, 0.15) is 17.3 Å². The average molecular weight is 327 g/mol. The van der Waals surface area contributed by atoms with Crippen LogP contribution in [-0.4, -0.2) is 70.3 Å². The van der Waals surface area contributed by atoms with E-state index in [-0.39, 0.29) is 6.61 Å². The molecule has 1 aromatic rings. The molecular formula is C15H21NO7. The minimum absolute atomic E-state index is 0.271. The van der Waals surface area contributed by atoms with Crippen LogP contribution < -0.4 is 5.32 Å². The number of carbonyl (C=O) groups is 1. The van der Waals surface area contributed by atoms with Crippen LogP contribution in [0.2, 0.25) is 0 Å². The molecule has 8 heteroatoms. The molecule has 5 N–H and O–H groups in total. The molecule has 2 rings (SSSR count). The van der Waals surface area contributed by atoms with Crippen molar-refractivity contribution in [2.24, 2.45) is 0 Å². The third-order valence-corrected chi connectivity index (χ3v) is 3.71. The van der Waals surface area contributed by atoms with Crippen molar-refractivity contribution in [3.8, 4) is 0 Å². The molecule has 23 heavy (non-hydrogen) atoms. The van der Waals surface area contributed by atoms with E-state index in [0.29, 0.717) is 11.3 Å². The Bertz CT molecular complexity index is 535. The standard InChI is InChI=1S/C15H21NO7/c1-2-22-14(21)9-3-5-10(6-4-9)16-15(8-18)13(20)12(19)11(7-17)23-15/h3-6,11-13,16-20H,2,7-8H2,1H3/t11?,12?,13?,15-/m1/s1. The van der Waals surface area contributed by atoms with Crippen LogP contribution in [0.5, 0.6) is 0 Å². The number of benzene rings is 1. The van der Waals surface area contributed by atoms with Gasteiger partial charge >= 0.3 is 5.97 Å². The summed E-state index contributed by atoms with van der Waals surface area (Å²) >= 11 is 0. The number of hydrogen-bond donors (Lipinski definition) is 5. The van der Waals surface area contributed by atoms with Crippen molar-refractivity contribution in [1.82, 2.24) is 0 Å². The van der Waals surface area contributed by atoms with E-state index >= 15 is 0 Å². The Labute approximate surface area is 133 Å². The predicted molar refractivity (Wildman–Crippen MR) is 79.8 cm³/mol. The molecule has 1 heterocycles. The molecule has 8 nitrogen and oxygen atoms in total. The zero-order valence-corrected chi connectivity index (χ0v) is 12.7. The molecule has 0 amide bonds. The van der Waals surface area contributed by atoms with Crippen LogP contribution in [-0.2, 0) is 9.47 Å². The van der Waals surface area contributed by atoms with Gasteiger partial charge in [-0.1, -0.05) is 0 Å². The van der Waals surface area contributed by atoms with Gasteiger partial charge < -0.3 is 35.2 Å².